The number of benzene rings is 2. The number of rotatable bonds is 7. The molecule has 1 unspecified atom stereocenters. The number of aryl methyl sites for hydroxylation is 1. The van der Waals surface area contributed by atoms with Crippen LogP contribution in [0.2, 0.25) is 0 Å². The van der Waals surface area contributed by atoms with Crippen molar-refractivity contribution in [3.05, 3.63) is 69.7 Å². The molecule has 2 N–H and O–H groups in total. The summed E-state index contributed by atoms with van der Waals surface area (Å²) in [6.45, 7) is 1.96. The highest BCUT2D eigenvalue weighted by Gasteiger charge is 2.12. The Bertz CT molecular complexity index is 713. The van der Waals surface area contributed by atoms with E-state index in [1.165, 1.54) is 0 Å². The van der Waals surface area contributed by atoms with E-state index in [4.69, 9.17) is 5.11 Å². The van der Waals surface area contributed by atoms with Crippen LogP contribution >= 0.6 is 15.9 Å². The van der Waals surface area contributed by atoms with Crippen molar-refractivity contribution in [1.29, 1.82) is 0 Å². The van der Waals surface area contributed by atoms with E-state index in [-0.39, 0.29) is 23.9 Å². The molecule has 4 nitrogen and oxygen atoms in total. The van der Waals surface area contributed by atoms with Crippen molar-refractivity contribution in [3.63, 3.8) is 0 Å². The van der Waals surface area contributed by atoms with E-state index in [1.54, 1.807) is 24.3 Å². The van der Waals surface area contributed by atoms with Gasteiger partial charge in [-0.2, -0.15) is 0 Å². The zero-order chi connectivity index (χ0) is 17.5. The van der Waals surface area contributed by atoms with Crippen molar-refractivity contribution in [2.75, 3.05) is 0 Å². The van der Waals surface area contributed by atoms with E-state index in [2.05, 4.69) is 21.2 Å². The quantitative estimate of drug-likeness (QED) is 0.755. The van der Waals surface area contributed by atoms with Gasteiger partial charge in [-0.1, -0.05) is 46.3 Å². The highest BCUT2D eigenvalue weighted by Crippen LogP contribution is 2.13. The van der Waals surface area contributed by atoms with Crippen molar-refractivity contribution in [1.82, 2.24) is 5.32 Å². The van der Waals surface area contributed by atoms with Gasteiger partial charge in [0.2, 0.25) is 5.91 Å². The van der Waals surface area contributed by atoms with E-state index in [1.807, 2.05) is 31.2 Å². The molecule has 2 aromatic rings. The standard InChI is InChI=1S/C19H20BrNO3/c1-13(12-14-6-9-16(20)10-7-14)21-18(22)11-8-15-4-2-3-5-17(15)19(23)24/h2-7,9-10,13H,8,11-12H2,1H3,(H,21,22)(H,23,24). The average Bonchev–Trinajstić information content (AvgIpc) is 2.55. The highest BCUT2D eigenvalue weighted by atomic mass is 79.9. The number of aromatic carboxylic acids is 1. The first kappa shape index (κ1) is 18.2. The molecule has 0 saturated carbocycles. The first-order valence-electron chi connectivity index (χ1n) is 7.80. The number of hydrogen-bond acceptors (Lipinski definition) is 2. The minimum atomic E-state index is -0.963. The normalized spacial score (nSPS) is 11.8. The van der Waals surface area contributed by atoms with Crippen molar-refractivity contribution in [2.45, 2.75) is 32.2 Å². The fourth-order valence-corrected chi connectivity index (χ4v) is 2.83. The lowest BCUT2D eigenvalue weighted by atomic mass is 10.0. The molecule has 0 aliphatic heterocycles. The monoisotopic (exact) mass is 389 g/mol. The maximum Gasteiger partial charge on any atom is 0.335 e. The molecule has 24 heavy (non-hydrogen) atoms. The summed E-state index contributed by atoms with van der Waals surface area (Å²) in [5.41, 5.74) is 2.09. The number of hydrogen-bond donors (Lipinski definition) is 2. The van der Waals surface area contributed by atoms with Crippen molar-refractivity contribution < 1.29 is 14.7 Å². The third-order valence-electron chi connectivity index (χ3n) is 3.73. The lowest BCUT2D eigenvalue weighted by Crippen LogP contribution is -2.34. The van der Waals surface area contributed by atoms with Crippen LogP contribution in [0.1, 0.15) is 34.8 Å². The molecular weight excluding hydrogens is 370 g/mol. The van der Waals surface area contributed by atoms with Gasteiger partial charge in [-0.3, -0.25) is 4.79 Å². The molecule has 0 aromatic heterocycles. The van der Waals surface area contributed by atoms with Gasteiger partial charge < -0.3 is 10.4 Å². The average molecular weight is 390 g/mol. The van der Waals surface area contributed by atoms with E-state index >= 15 is 0 Å². The maximum atomic E-state index is 12.1. The van der Waals surface area contributed by atoms with Crippen LogP contribution in [0.5, 0.6) is 0 Å². The molecule has 0 radical (unpaired) electrons. The number of carbonyl (C=O) groups is 2. The number of halogens is 1. The lowest BCUT2D eigenvalue weighted by molar-refractivity contribution is -0.121. The van der Waals surface area contributed by atoms with Crippen LogP contribution < -0.4 is 5.32 Å². The Morgan fingerprint density at radius 3 is 2.46 bits per heavy atom. The molecule has 5 heteroatoms. The second kappa shape index (κ2) is 8.64. The van der Waals surface area contributed by atoms with Crippen LogP contribution in [0.25, 0.3) is 0 Å². The van der Waals surface area contributed by atoms with Crippen molar-refractivity contribution >= 4 is 27.8 Å². The topological polar surface area (TPSA) is 66.4 Å². The van der Waals surface area contributed by atoms with Gasteiger partial charge in [-0.05, 0) is 49.1 Å². The summed E-state index contributed by atoms with van der Waals surface area (Å²) in [7, 11) is 0. The number of carbonyl (C=O) groups excluding carboxylic acids is 1. The third-order valence-corrected chi connectivity index (χ3v) is 4.26. The molecule has 2 rings (SSSR count). The summed E-state index contributed by atoms with van der Waals surface area (Å²) >= 11 is 3.40. The Morgan fingerprint density at radius 1 is 1.12 bits per heavy atom. The maximum absolute atomic E-state index is 12.1. The molecule has 0 heterocycles. The molecule has 1 atom stereocenters. The Labute approximate surface area is 150 Å². The van der Waals surface area contributed by atoms with Gasteiger partial charge >= 0.3 is 5.97 Å². The Morgan fingerprint density at radius 2 is 1.79 bits per heavy atom. The van der Waals surface area contributed by atoms with E-state index in [0.29, 0.717) is 12.0 Å². The molecule has 2 aromatic carbocycles. The minimum Gasteiger partial charge on any atom is -0.478 e. The summed E-state index contributed by atoms with van der Waals surface area (Å²) in [5, 5.41) is 12.1. The first-order chi connectivity index (χ1) is 11.5. The van der Waals surface area contributed by atoms with Crippen molar-refractivity contribution in [2.24, 2.45) is 0 Å². The van der Waals surface area contributed by atoms with E-state index in [0.717, 1.165) is 16.5 Å². The minimum absolute atomic E-state index is 0.0217. The molecule has 0 saturated heterocycles. The predicted molar refractivity (Wildman–Crippen MR) is 97.2 cm³/mol. The number of amides is 1. The van der Waals surface area contributed by atoms with E-state index in [9.17, 15) is 9.59 Å². The zero-order valence-electron chi connectivity index (χ0n) is 13.5. The fraction of sp³-hybridized carbons (Fsp3) is 0.263. The second-order valence-corrected chi connectivity index (χ2v) is 6.68. The van der Waals surface area contributed by atoms with Crippen molar-refractivity contribution in [3.8, 4) is 0 Å². The summed E-state index contributed by atoms with van der Waals surface area (Å²) in [6.07, 6.45) is 1.44. The Hall–Kier alpha value is -2.14. The molecule has 0 aliphatic carbocycles. The molecule has 126 valence electrons. The highest BCUT2D eigenvalue weighted by molar-refractivity contribution is 9.10. The van der Waals surface area contributed by atoms with Gasteiger partial charge in [0.05, 0.1) is 5.56 Å². The molecule has 1 amide bonds. The molecule has 0 bridgehead atoms. The molecule has 0 aliphatic rings. The van der Waals surface area contributed by atoms with Gasteiger partial charge in [0.1, 0.15) is 0 Å². The zero-order valence-corrected chi connectivity index (χ0v) is 15.0. The van der Waals surface area contributed by atoms with Crippen LogP contribution in [0.3, 0.4) is 0 Å². The SMILES string of the molecule is CC(Cc1ccc(Br)cc1)NC(=O)CCc1ccccc1C(=O)O. The Balaban J connectivity index is 1.85. The molecule has 0 fully saturated rings. The number of nitrogens with one attached hydrogen (secondary N) is 1. The van der Waals surface area contributed by atoms with Crippen LogP contribution in [0, 0.1) is 0 Å². The molecular formula is C19H20BrNO3. The Kier molecular flexibility index (Phi) is 6.55. The smallest absolute Gasteiger partial charge is 0.335 e. The number of carboxylic acid groups (broad SMARTS) is 1. The van der Waals surface area contributed by atoms with Gasteiger partial charge in [0.25, 0.3) is 0 Å². The summed E-state index contributed by atoms with van der Waals surface area (Å²) in [6, 6.07) is 14.8. The second-order valence-electron chi connectivity index (χ2n) is 5.76. The molecule has 0 spiro atoms. The summed E-state index contributed by atoms with van der Waals surface area (Å²) in [5.74, 6) is -1.03. The van der Waals surface area contributed by atoms with E-state index < -0.39 is 5.97 Å². The first-order valence-corrected chi connectivity index (χ1v) is 8.60. The summed E-state index contributed by atoms with van der Waals surface area (Å²) < 4.78 is 1.03. The van der Waals surface area contributed by atoms with Crippen LogP contribution in [-0.4, -0.2) is 23.0 Å². The lowest BCUT2D eigenvalue weighted by Gasteiger charge is -2.14. The van der Waals surface area contributed by atoms with Gasteiger partial charge in [-0.15, -0.1) is 0 Å². The van der Waals surface area contributed by atoms with Gasteiger partial charge in [0.15, 0.2) is 0 Å². The largest absolute Gasteiger partial charge is 0.478 e. The predicted octanol–water partition coefficient (Wildman–Crippen LogP) is 3.83. The van der Waals surface area contributed by atoms with Crippen LogP contribution in [0.4, 0.5) is 0 Å². The number of carboxylic acids is 1. The van der Waals surface area contributed by atoms with Crippen LogP contribution in [0.15, 0.2) is 53.0 Å². The van der Waals surface area contributed by atoms with Crippen LogP contribution in [-0.2, 0) is 17.6 Å². The van der Waals surface area contributed by atoms with Gasteiger partial charge in [0, 0.05) is 16.9 Å². The fourth-order valence-electron chi connectivity index (χ4n) is 2.57. The summed E-state index contributed by atoms with van der Waals surface area (Å²) in [4.78, 5) is 23.3. The van der Waals surface area contributed by atoms with Gasteiger partial charge in [-0.25, -0.2) is 4.79 Å². The third kappa shape index (κ3) is 5.49.